The molecule has 31 heavy (non-hydrogen) atoms. The van der Waals surface area contributed by atoms with Crippen molar-refractivity contribution in [2.24, 2.45) is 0 Å². The van der Waals surface area contributed by atoms with E-state index < -0.39 is 0 Å². The molecule has 0 saturated heterocycles. The van der Waals surface area contributed by atoms with Gasteiger partial charge in [0.2, 0.25) is 0 Å². The Bertz CT molecular complexity index is 1120. The quantitative estimate of drug-likeness (QED) is 0.426. The topological polar surface area (TPSA) is 23.8 Å². The molecule has 3 rings (SSSR count). The van der Waals surface area contributed by atoms with Crippen LogP contribution in [0.4, 0.5) is 0 Å². The van der Waals surface area contributed by atoms with E-state index in [0.717, 1.165) is 29.5 Å². The van der Waals surface area contributed by atoms with Gasteiger partial charge in [-0.15, -0.1) is 0 Å². The van der Waals surface area contributed by atoms with E-state index in [1.807, 2.05) is 13.0 Å². The SMILES string of the molecule is Cc1cccc(C(C)(C)Cc2cccc(Cc3cccc(C(C)(C)C)c3C)c2)c1C#N. The molecule has 0 aromatic heterocycles. The molecule has 0 aliphatic carbocycles. The summed E-state index contributed by atoms with van der Waals surface area (Å²) in [4.78, 5) is 0. The van der Waals surface area contributed by atoms with Crippen LogP contribution in [-0.4, -0.2) is 0 Å². The zero-order valence-corrected chi connectivity index (χ0v) is 20.1. The second kappa shape index (κ2) is 8.72. The minimum absolute atomic E-state index is 0.113. The highest BCUT2D eigenvalue weighted by molar-refractivity contribution is 5.48. The highest BCUT2D eigenvalue weighted by atomic mass is 14.3. The van der Waals surface area contributed by atoms with Gasteiger partial charge in [-0.2, -0.15) is 5.26 Å². The summed E-state index contributed by atoms with van der Waals surface area (Å²) in [7, 11) is 0. The molecule has 0 bridgehead atoms. The molecular weight excluding hydrogens is 374 g/mol. The van der Waals surface area contributed by atoms with Gasteiger partial charge in [-0.1, -0.05) is 95.3 Å². The van der Waals surface area contributed by atoms with Crippen molar-refractivity contribution in [3.63, 3.8) is 0 Å². The summed E-state index contributed by atoms with van der Waals surface area (Å²) in [5.41, 5.74) is 9.92. The van der Waals surface area contributed by atoms with Crippen LogP contribution in [-0.2, 0) is 23.7 Å². The maximum Gasteiger partial charge on any atom is 0.0997 e. The smallest absolute Gasteiger partial charge is 0.0997 e. The molecule has 0 atom stereocenters. The Labute approximate surface area is 188 Å². The predicted octanol–water partition coefficient (Wildman–Crippen LogP) is 7.58. The number of benzene rings is 3. The Morgan fingerprint density at radius 3 is 2.06 bits per heavy atom. The van der Waals surface area contributed by atoms with Crippen LogP contribution in [0.2, 0.25) is 0 Å². The molecule has 1 heteroatoms. The molecule has 0 heterocycles. The van der Waals surface area contributed by atoms with Crippen molar-refractivity contribution < 1.29 is 0 Å². The van der Waals surface area contributed by atoms with Crippen LogP contribution in [0.1, 0.15) is 79.1 Å². The third-order valence-electron chi connectivity index (χ3n) is 6.40. The first-order valence-corrected chi connectivity index (χ1v) is 11.2. The molecule has 0 spiro atoms. The summed E-state index contributed by atoms with van der Waals surface area (Å²) in [5, 5.41) is 9.69. The van der Waals surface area contributed by atoms with Crippen molar-refractivity contribution in [1.82, 2.24) is 0 Å². The minimum atomic E-state index is -0.113. The highest BCUT2D eigenvalue weighted by Gasteiger charge is 2.25. The number of nitrogens with zero attached hydrogens (tertiary/aromatic N) is 1. The first kappa shape index (κ1) is 22.8. The van der Waals surface area contributed by atoms with Gasteiger partial charge in [-0.3, -0.25) is 0 Å². The molecule has 0 amide bonds. The van der Waals surface area contributed by atoms with Crippen molar-refractivity contribution in [2.75, 3.05) is 0 Å². The summed E-state index contributed by atoms with van der Waals surface area (Å²) in [6, 6.07) is 24.3. The Morgan fingerprint density at radius 1 is 0.774 bits per heavy atom. The van der Waals surface area contributed by atoms with Gasteiger partial charge in [0.05, 0.1) is 11.6 Å². The van der Waals surface area contributed by atoms with Gasteiger partial charge in [0.25, 0.3) is 0 Å². The Kier molecular flexibility index (Phi) is 6.42. The lowest BCUT2D eigenvalue weighted by Crippen LogP contribution is -2.22. The van der Waals surface area contributed by atoms with Crippen LogP contribution in [0.5, 0.6) is 0 Å². The van der Waals surface area contributed by atoms with E-state index in [9.17, 15) is 5.26 Å². The molecule has 0 N–H and O–H groups in total. The molecule has 1 nitrogen and oxygen atoms in total. The Morgan fingerprint density at radius 2 is 1.39 bits per heavy atom. The first-order chi connectivity index (χ1) is 14.5. The lowest BCUT2D eigenvalue weighted by Gasteiger charge is -2.27. The van der Waals surface area contributed by atoms with Crippen LogP contribution in [0, 0.1) is 25.2 Å². The Hall–Kier alpha value is -2.85. The predicted molar refractivity (Wildman–Crippen MR) is 132 cm³/mol. The number of hydrogen-bond donors (Lipinski definition) is 0. The molecule has 0 fully saturated rings. The minimum Gasteiger partial charge on any atom is -0.192 e. The molecule has 0 saturated carbocycles. The summed E-state index contributed by atoms with van der Waals surface area (Å²) < 4.78 is 0. The maximum absolute atomic E-state index is 9.69. The second-order valence-corrected chi connectivity index (χ2v) is 10.5. The van der Waals surface area contributed by atoms with E-state index >= 15 is 0 Å². The van der Waals surface area contributed by atoms with E-state index in [0.29, 0.717) is 0 Å². The lowest BCUT2D eigenvalue weighted by atomic mass is 9.76. The number of rotatable bonds is 5. The third kappa shape index (κ3) is 5.08. The molecule has 0 radical (unpaired) electrons. The van der Waals surface area contributed by atoms with Gasteiger partial charge in [0, 0.05) is 0 Å². The lowest BCUT2D eigenvalue weighted by molar-refractivity contribution is 0.520. The molecule has 160 valence electrons. The van der Waals surface area contributed by atoms with Crippen molar-refractivity contribution in [1.29, 1.82) is 5.26 Å². The van der Waals surface area contributed by atoms with E-state index in [1.165, 1.54) is 27.8 Å². The molecule has 0 aliphatic heterocycles. The van der Waals surface area contributed by atoms with Crippen LogP contribution in [0.3, 0.4) is 0 Å². The van der Waals surface area contributed by atoms with E-state index in [4.69, 9.17) is 0 Å². The average molecular weight is 410 g/mol. The van der Waals surface area contributed by atoms with E-state index in [-0.39, 0.29) is 10.8 Å². The fourth-order valence-electron chi connectivity index (χ4n) is 4.74. The van der Waals surface area contributed by atoms with Crippen molar-refractivity contribution in [3.05, 3.63) is 105 Å². The molecular formula is C30H35N. The van der Waals surface area contributed by atoms with Gasteiger partial charge in [-0.25, -0.2) is 0 Å². The highest BCUT2D eigenvalue weighted by Crippen LogP contribution is 2.32. The van der Waals surface area contributed by atoms with Crippen molar-refractivity contribution >= 4 is 0 Å². The van der Waals surface area contributed by atoms with Crippen LogP contribution in [0.25, 0.3) is 0 Å². The van der Waals surface area contributed by atoms with Gasteiger partial charge < -0.3 is 0 Å². The zero-order valence-electron chi connectivity index (χ0n) is 20.1. The van der Waals surface area contributed by atoms with E-state index in [2.05, 4.69) is 102 Å². The summed E-state index contributed by atoms with van der Waals surface area (Å²) in [5.74, 6) is 0. The molecule has 0 aliphatic rings. The fraction of sp³-hybridized carbons (Fsp3) is 0.367. The fourth-order valence-corrected chi connectivity index (χ4v) is 4.74. The normalized spacial score (nSPS) is 11.9. The average Bonchev–Trinajstić information content (AvgIpc) is 2.68. The third-order valence-corrected chi connectivity index (χ3v) is 6.40. The summed E-state index contributed by atoms with van der Waals surface area (Å²) in [6.07, 6.45) is 1.85. The monoisotopic (exact) mass is 409 g/mol. The number of aryl methyl sites for hydroxylation is 1. The molecule has 3 aromatic rings. The second-order valence-electron chi connectivity index (χ2n) is 10.5. The number of hydrogen-bond acceptors (Lipinski definition) is 1. The summed E-state index contributed by atoms with van der Waals surface area (Å²) in [6.45, 7) is 15.6. The largest absolute Gasteiger partial charge is 0.192 e. The van der Waals surface area contributed by atoms with Crippen molar-refractivity contribution in [2.45, 2.75) is 72.1 Å². The molecule has 3 aromatic carbocycles. The molecule has 0 unspecified atom stereocenters. The van der Waals surface area contributed by atoms with Crippen LogP contribution >= 0.6 is 0 Å². The Balaban J connectivity index is 1.89. The number of nitriles is 1. The zero-order chi connectivity index (χ0) is 22.8. The van der Waals surface area contributed by atoms with Gasteiger partial charge in [0.1, 0.15) is 0 Å². The van der Waals surface area contributed by atoms with Crippen LogP contribution < -0.4 is 0 Å². The summed E-state index contributed by atoms with van der Waals surface area (Å²) >= 11 is 0. The van der Waals surface area contributed by atoms with Gasteiger partial charge in [0.15, 0.2) is 0 Å². The van der Waals surface area contributed by atoms with Gasteiger partial charge >= 0.3 is 0 Å². The first-order valence-electron chi connectivity index (χ1n) is 11.2. The van der Waals surface area contributed by atoms with Crippen molar-refractivity contribution in [3.8, 4) is 6.07 Å². The van der Waals surface area contributed by atoms with Gasteiger partial charge in [-0.05, 0) is 76.5 Å². The van der Waals surface area contributed by atoms with E-state index in [1.54, 1.807) is 0 Å². The van der Waals surface area contributed by atoms with Crippen LogP contribution in [0.15, 0.2) is 60.7 Å². The standard InChI is InChI=1S/C30H35N/c1-21-11-8-16-28(26(21)20-31)30(6,7)19-24-13-9-12-23(17-24)18-25-14-10-15-27(22(25)2)29(3,4)5/h8-17H,18-19H2,1-7H3. The maximum atomic E-state index is 9.69.